The van der Waals surface area contributed by atoms with Crippen LogP contribution in [0.3, 0.4) is 0 Å². The van der Waals surface area contributed by atoms with E-state index >= 15 is 0 Å². The number of ketones is 1. The van der Waals surface area contributed by atoms with Crippen molar-refractivity contribution in [1.82, 2.24) is 4.90 Å². The molecular weight excluding hydrogens is 594 g/mol. The number of carbonyl (C=O) groups excluding carboxylic acids is 4. The Morgan fingerprint density at radius 1 is 1.07 bits per heavy atom. The van der Waals surface area contributed by atoms with Crippen LogP contribution in [0.15, 0.2) is 18.2 Å². The van der Waals surface area contributed by atoms with E-state index in [0.29, 0.717) is 36.1 Å². The van der Waals surface area contributed by atoms with E-state index < -0.39 is 71.8 Å². The number of piperidine rings is 1. The molecule has 2 saturated heterocycles. The number of benzene rings is 1. The predicted octanol–water partition coefficient (Wildman–Crippen LogP) is -0.354. The van der Waals surface area contributed by atoms with Gasteiger partial charge >= 0.3 is 17.9 Å². The number of aliphatic hydroxyl groups is 3. The van der Waals surface area contributed by atoms with Crippen molar-refractivity contribution >= 4 is 23.7 Å². The lowest BCUT2D eigenvalue weighted by atomic mass is 9.48. The number of likely N-dealkylation sites (N-methyl/N-ethyl adjacent to an activating group) is 1. The van der Waals surface area contributed by atoms with Crippen LogP contribution in [0.25, 0.3) is 0 Å². The van der Waals surface area contributed by atoms with Crippen LogP contribution in [-0.4, -0.2) is 117 Å². The second kappa shape index (κ2) is 10.5. The van der Waals surface area contributed by atoms with E-state index in [1.807, 2.05) is 7.05 Å². The minimum atomic E-state index is -2.67. The van der Waals surface area contributed by atoms with Crippen LogP contribution in [0.5, 0.6) is 11.5 Å². The van der Waals surface area contributed by atoms with Crippen molar-refractivity contribution in [2.75, 3.05) is 20.2 Å². The molecule has 0 saturated carbocycles. The summed E-state index contributed by atoms with van der Waals surface area (Å²) >= 11 is 0. The van der Waals surface area contributed by atoms with Gasteiger partial charge in [0.25, 0.3) is 0 Å². The van der Waals surface area contributed by atoms with E-state index in [9.17, 15) is 39.6 Å². The molecule has 0 radical (unpaired) electrons. The Morgan fingerprint density at radius 2 is 1.73 bits per heavy atom. The van der Waals surface area contributed by atoms with Gasteiger partial charge in [-0.25, -0.2) is 0 Å². The van der Waals surface area contributed by atoms with Gasteiger partial charge in [0, 0.05) is 49.3 Å². The fourth-order valence-electron chi connectivity index (χ4n) is 8.71. The highest BCUT2D eigenvalue weighted by Gasteiger charge is 2.80. The summed E-state index contributed by atoms with van der Waals surface area (Å²) in [4.78, 5) is 53.0. The number of ether oxygens (including phenoxy) is 5. The van der Waals surface area contributed by atoms with Gasteiger partial charge < -0.3 is 49.0 Å². The molecule has 244 valence electrons. The molecule has 3 heterocycles. The number of nitrogens with zero attached hydrogens (tertiary/aromatic N) is 1. The van der Waals surface area contributed by atoms with E-state index in [2.05, 4.69) is 4.90 Å². The van der Waals surface area contributed by atoms with E-state index in [-0.39, 0.29) is 29.2 Å². The molecule has 2 fully saturated rings. The standard InChI is InChI=1S/C31H37NO13/c1-13(34)17-11-21(38)24-23-18(17)10-20-19-6-7-30(40,28(44-24)29(19,23)8-9-32(20)5)31(45-16(4)37)25(41-14(2)35)22(12-33)43-27(39)26(31)42-15(3)36/h6-7,11,19-20,22,25-28,33,38-40H,8-10,12H2,1-5H3/t19-,20+,22+,25+,26-,27+,28+,29-,30+,31-/m0/s1. The first-order valence-electron chi connectivity index (χ1n) is 14.8. The van der Waals surface area contributed by atoms with E-state index in [0.717, 1.165) is 20.8 Å². The number of phenolic OH excluding ortho intramolecular Hbond substituents is 1. The summed E-state index contributed by atoms with van der Waals surface area (Å²) in [6, 6.07) is 1.16. The summed E-state index contributed by atoms with van der Waals surface area (Å²) in [5.74, 6) is -3.81. The highest BCUT2D eigenvalue weighted by atomic mass is 16.7. The quantitative estimate of drug-likeness (QED) is 0.137. The largest absolute Gasteiger partial charge is 0.504 e. The lowest BCUT2D eigenvalue weighted by Gasteiger charge is -2.63. The fraction of sp³-hybridized carbons (Fsp3) is 0.613. The zero-order valence-electron chi connectivity index (χ0n) is 25.5. The van der Waals surface area contributed by atoms with Gasteiger partial charge in [0.05, 0.1) is 6.61 Å². The Labute approximate surface area is 258 Å². The van der Waals surface area contributed by atoms with Crippen LogP contribution in [0.1, 0.15) is 55.6 Å². The first-order valence-corrected chi connectivity index (χ1v) is 14.8. The van der Waals surface area contributed by atoms with Crippen LogP contribution >= 0.6 is 0 Å². The summed E-state index contributed by atoms with van der Waals surface area (Å²) in [6.07, 6.45) is -5.09. The summed E-state index contributed by atoms with van der Waals surface area (Å²) in [7, 11) is 1.95. The van der Waals surface area contributed by atoms with Gasteiger partial charge in [-0.3, -0.25) is 19.2 Å². The third-order valence-electron chi connectivity index (χ3n) is 10.2. The molecule has 14 heteroatoms. The van der Waals surface area contributed by atoms with Gasteiger partial charge in [-0.2, -0.15) is 0 Å². The van der Waals surface area contributed by atoms with Crippen LogP contribution in [0, 0.1) is 5.92 Å². The average molecular weight is 632 g/mol. The zero-order valence-corrected chi connectivity index (χ0v) is 25.5. The molecule has 0 unspecified atom stereocenters. The number of hydrogen-bond acceptors (Lipinski definition) is 14. The van der Waals surface area contributed by atoms with Crippen molar-refractivity contribution in [1.29, 1.82) is 0 Å². The molecule has 5 aliphatic rings. The number of aromatic hydroxyl groups is 1. The number of likely N-dealkylation sites (tertiary alicyclic amines) is 1. The van der Waals surface area contributed by atoms with Gasteiger partial charge in [0.15, 0.2) is 41.4 Å². The Hall–Kier alpha value is -3.56. The normalized spacial score (nSPS) is 39.3. The topological polar surface area (TPSA) is 199 Å². The lowest BCUT2D eigenvalue weighted by Crippen LogP contribution is -2.83. The van der Waals surface area contributed by atoms with Crippen molar-refractivity contribution in [3.63, 3.8) is 0 Å². The molecule has 1 aromatic carbocycles. The average Bonchev–Trinajstić information content (AvgIpc) is 3.31. The van der Waals surface area contributed by atoms with Crippen molar-refractivity contribution in [2.45, 2.75) is 93.9 Å². The van der Waals surface area contributed by atoms with Gasteiger partial charge in [-0.15, -0.1) is 0 Å². The van der Waals surface area contributed by atoms with E-state index in [1.165, 1.54) is 19.1 Å². The third-order valence-corrected chi connectivity index (χ3v) is 10.2. The highest BCUT2D eigenvalue weighted by molar-refractivity contribution is 5.97. The minimum absolute atomic E-state index is 0.0347. The summed E-state index contributed by atoms with van der Waals surface area (Å²) < 4.78 is 29.1. The molecule has 14 nitrogen and oxygen atoms in total. The van der Waals surface area contributed by atoms with E-state index in [1.54, 1.807) is 6.08 Å². The first kappa shape index (κ1) is 31.4. The molecule has 3 aliphatic heterocycles. The molecule has 4 N–H and O–H groups in total. The maximum absolute atomic E-state index is 13.2. The Morgan fingerprint density at radius 3 is 2.33 bits per heavy atom. The molecule has 2 aliphatic carbocycles. The Bertz CT molecular complexity index is 1510. The van der Waals surface area contributed by atoms with Crippen molar-refractivity contribution < 1.29 is 63.3 Å². The first-order chi connectivity index (χ1) is 21.1. The van der Waals surface area contributed by atoms with Crippen LogP contribution in [0.2, 0.25) is 0 Å². The maximum atomic E-state index is 13.2. The number of esters is 3. The lowest BCUT2D eigenvalue weighted by molar-refractivity contribution is -0.364. The molecule has 0 amide bonds. The molecule has 45 heavy (non-hydrogen) atoms. The van der Waals surface area contributed by atoms with Gasteiger partial charge in [-0.05, 0) is 51.1 Å². The number of rotatable bonds is 6. The van der Waals surface area contributed by atoms with Crippen LogP contribution in [0.4, 0.5) is 0 Å². The second-order valence-electron chi connectivity index (χ2n) is 12.6. The molecule has 1 aromatic rings. The molecule has 2 bridgehead atoms. The number of carbonyl (C=O) groups is 4. The van der Waals surface area contributed by atoms with Crippen LogP contribution < -0.4 is 4.74 Å². The minimum Gasteiger partial charge on any atom is -0.504 e. The molecular formula is C31H37NO13. The summed E-state index contributed by atoms with van der Waals surface area (Å²) in [5.41, 5.74) is -4.90. The molecule has 6 rings (SSSR count). The summed E-state index contributed by atoms with van der Waals surface area (Å²) in [5, 5.41) is 46.0. The smallest absolute Gasteiger partial charge is 0.303 e. The summed E-state index contributed by atoms with van der Waals surface area (Å²) in [6.45, 7) is 4.13. The Kier molecular flexibility index (Phi) is 7.32. The third kappa shape index (κ3) is 4.12. The Balaban J connectivity index is 1.69. The predicted molar refractivity (Wildman–Crippen MR) is 150 cm³/mol. The molecule has 10 atom stereocenters. The second-order valence-corrected chi connectivity index (χ2v) is 12.6. The monoisotopic (exact) mass is 631 g/mol. The van der Waals surface area contributed by atoms with Crippen LogP contribution in [-0.2, 0) is 45.2 Å². The fourth-order valence-corrected chi connectivity index (χ4v) is 8.71. The number of aliphatic hydroxyl groups excluding tert-OH is 2. The van der Waals surface area contributed by atoms with Gasteiger partial charge in [0.2, 0.25) is 5.60 Å². The zero-order chi connectivity index (χ0) is 32.8. The van der Waals surface area contributed by atoms with Crippen molar-refractivity contribution in [3.05, 3.63) is 34.9 Å². The molecule has 1 spiro atoms. The van der Waals surface area contributed by atoms with E-state index in [4.69, 9.17) is 23.7 Å². The maximum Gasteiger partial charge on any atom is 0.303 e. The van der Waals surface area contributed by atoms with Gasteiger partial charge in [-0.1, -0.05) is 6.08 Å². The highest BCUT2D eigenvalue weighted by Crippen LogP contribution is 2.66. The van der Waals surface area contributed by atoms with Crippen molar-refractivity contribution in [2.24, 2.45) is 5.92 Å². The van der Waals surface area contributed by atoms with Crippen molar-refractivity contribution in [3.8, 4) is 11.5 Å². The molecule has 0 aromatic heterocycles. The number of phenols is 1. The SMILES string of the molecule is CC(=O)O[C@@H]1[C@@H](CO)O[C@@H](O)[C@H](OC(C)=O)[C@]1(OC(C)=O)[C@@]1(O)C=C[C@H]2[C@H]3Cc4c(C(C)=O)cc(O)c5c4[C@@]2(CCN3C)[C@H]1O5. The van der Waals surface area contributed by atoms with Gasteiger partial charge in [0.1, 0.15) is 12.2 Å². The number of hydrogen-bond donors (Lipinski definition) is 4. The number of Topliss-reactive ketones (excluding diaryl/α,β-unsaturated/α-hetero) is 1.